The van der Waals surface area contributed by atoms with Gasteiger partial charge in [0, 0.05) is 34.7 Å². The molecule has 1 fully saturated rings. The van der Waals surface area contributed by atoms with Crippen molar-refractivity contribution >= 4 is 33.2 Å². The summed E-state index contributed by atoms with van der Waals surface area (Å²) in [7, 11) is 0. The molecule has 104 valence electrons. The summed E-state index contributed by atoms with van der Waals surface area (Å²) in [6, 6.07) is 4.64. The summed E-state index contributed by atoms with van der Waals surface area (Å²) in [6.45, 7) is 1.59. The number of carbonyl (C=O) groups excluding carboxylic acids is 1. The quantitative estimate of drug-likeness (QED) is 0.807. The van der Waals surface area contributed by atoms with E-state index < -0.39 is 0 Å². The van der Waals surface area contributed by atoms with Crippen LogP contribution in [0.1, 0.15) is 39.8 Å². The molecule has 2 aliphatic rings. The highest BCUT2D eigenvalue weighted by Crippen LogP contribution is 2.38. The fourth-order valence-corrected chi connectivity index (χ4v) is 4.18. The van der Waals surface area contributed by atoms with E-state index in [0.29, 0.717) is 6.04 Å². The highest BCUT2D eigenvalue weighted by molar-refractivity contribution is 9.10. The number of fused-ring (bicyclic) bond motifs is 1. The summed E-state index contributed by atoms with van der Waals surface area (Å²) in [5, 5.41) is 2.13. The molecule has 0 unspecified atom stereocenters. The standard InChI is InChI=1S/C15H15BrN2OS/c16-11-7-13(18(9-11)12-1-2-12)15(19)17-5-3-14-10(8-17)4-6-20-14/h4,6-7,9,12H,1-3,5,8H2. The summed E-state index contributed by atoms with van der Waals surface area (Å²) >= 11 is 5.31. The van der Waals surface area contributed by atoms with Gasteiger partial charge in [-0.15, -0.1) is 11.3 Å². The molecular formula is C15H15BrN2OS. The van der Waals surface area contributed by atoms with Gasteiger partial charge >= 0.3 is 0 Å². The number of aromatic nitrogens is 1. The zero-order valence-corrected chi connectivity index (χ0v) is 13.4. The van der Waals surface area contributed by atoms with Crippen LogP contribution in [-0.4, -0.2) is 21.9 Å². The summed E-state index contributed by atoms with van der Waals surface area (Å²) in [6.07, 6.45) is 5.42. The van der Waals surface area contributed by atoms with E-state index in [9.17, 15) is 4.79 Å². The first kappa shape index (κ1) is 12.7. The predicted molar refractivity (Wildman–Crippen MR) is 83.2 cm³/mol. The molecule has 0 spiro atoms. The summed E-state index contributed by atoms with van der Waals surface area (Å²) in [4.78, 5) is 16.2. The molecule has 0 radical (unpaired) electrons. The van der Waals surface area contributed by atoms with Gasteiger partial charge in [0.25, 0.3) is 5.91 Å². The Balaban J connectivity index is 1.62. The van der Waals surface area contributed by atoms with Crippen LogP contribution in [0.15, 0.2) is 28.2 Å². The first-order valence-corrected chi connectivity index (χ1v) is 8.61. The average Bonchev–Trinajstić information content (AvgIpc) is 3.06. The van der Waals surface area contributed by atoms with Crippen molar-refractivity contribution in [3.8, 4) is 0 Å². The predicted octanol–water partition coefficient (Wildman–Crippen LogP) is 3.85. The first-order valence-electron chi connectivity index (χ1n) is 6.94. The van der Waals surface area contributed by atoms with Crippen LogP contribution in [0, 0.1) is 0 Å². The maximum Gasteiger partial charge on any atom is 0.270 e. The van der Waals surface area contributed by atoms with E-state index >= 15 is 0 Å². The van der Waals surface area contributed by atoms with Crippen molar-refractivity contribution in [3.05, 3.63) is 44.3 Å². The SMILES string of the molecule is O=C(c1cc(Br)cn1C1CC1)N1CCc2sccc2C1. The van der Waals surface area contributed by atoms with Crippen LogP contribution < -0.4 is 0 Å². The molecule has 2 aromatic rings. The molecule has 1 aliphatic carbocycles. The van der Waals surface area contributed by atoms with Gasteiger partial charge in [0.1, 0.15) is 5.69 Å². The van der Waals surface area contributed by atoms with Crippen LogP contribution in [0.4, 0.5) is 0 Å². The zero-order valence-electron chi connectivity index (χ0n) is 11.0. The van der Waals surface area contributed by atoms with Crippen LogP contribution in [0.5, 0.6) is 0 Å². The number of carbonyl (C=O) groups is 1. The molecule has 0 atom stereocenters. The van der Waals surface area contributed by atoms with Crippen LogP contribution in [-0.2, 0) is 13.0 Å². The van der Waals surface area contributed by atoms with E-state index in [1.807, 2.05) is 17.2 Å². The molecular weight excluding hydrogens is 336 g/mol. The van der Waals surface area contributed by atoms with Crippen molar-refractivity contribution in [2.24, 2.45) is 0 Å². The average molecular weight is 351 g/mol. The smallest absolute Gasteiger partial charge is 0.270 e. The van der Waals surface area contributed by atoms with Gasteiger partial charge in [0.2, 0.25) is 0 Å². The highest BCUT2D eigenvalue weighted by Gasteiger charge is 2.30. The van der Waals surface area contributed by atoms with E-state index in [1.165, 1.54) is 23.3 Å². The van der Waals surface area contributed by atoms with Crippen molar-refractivity contribution in [3.63, 3.8) is 0 Å². The molecule has 4 rings (SSSR count). The fourth-order valence-electron chi connectivity index (χ4n) is 2.86. The van der Waals surface area contributed by atoms with Gasteiger partial charge in [-0.1, -0.05) is 0 Å². The van der Waals surface area contributed by atoms with Crippen molar-refractivity contribution in [2.45, 2.75) is 31.8 Å². The van der Waals surface area contributed by atoms with Crippen LogP contribution in [0.2, 0.25) is 0 Å². The molecule has 0 bridgehead atoms. The van der Waals surface area contributed by atoms with Crippen LogP contribution in [0.25, 0.3) is 0 Å². The third-order valence-electron chi connectivity index (χ3n) is 4.07. The molecule has 1 saturated carbocycles. The number of hydrogen-bond donors (Lipinski definition) is 0. The number of rotatable bonds is 2. The Bertz CT molecular complexity index is 671. The van der Waals surface area contributed by atoms with Gasteiger partial charge in [-0.25, -0.2) is 0 Å². The second-order valence-electron chi connectivity index (χ2n) is 5.53. The lowest BCUT2D eigenvalue weighted by Crippen LogP contribution is -2.36. The molecule has 3 heterocycles. The van der Waals surface area contributed by atoms with Crippen molar-refractivity contribution in [2.75, 3.05) is 6.54 Å². The van der Waals surface area contributed by atoms with Crippen molar-refractivity contribution < 1.29 is 4.79 Å². The Kier molecular flexibility index (Phi) is 3.00. The van der Waals surface area contributed by atoms with E-state index in [-0.39, 0.29) is 5.91 Å². The van der Waals surface area contributed by atoms with E-state index in [1.54, 1.807) is 11.3 Å². The number of hydrogen-bond acceptors (Lipinski definition) is 2. The van der Waals surface area contributed by atoms with E-state index in [4.69, 9.17) is 0 Å². The molecule has 0 saturated heterocycles. The lowest BCUT2D eigenvalue weighted by Gasteiger charge is -2.27. The Morgan fingerprint density at radius 1 is 1.40 bits per heavy atom. The summed E-state index contributed by atoms with van der Waals surface area (Å²) in [5.74, 6) is 0.166. The highest BCUT2D eigenvalue weighted by atomic mass is 79.9. The maximum atomic E-state index is 12.8. The summed E-state index contributed by atoms with van der Waals surface area (Å²) < 4.78 is 3.15. The number of amides is 1. The normalized spacial score (nSPS) is 18.1. The van der Waals surface area contributed by atoms with Crippen molar-refractivity contribution in [1.29, 1.82) is 0 Å². The number of nitrogens with zero attached hydrogens (tertiary/aromatic N) is 2. The Morgan fingerprint density at radius 3 is 3.05 bits per heavy atom. The molecule has 20 heavy (non-hydrogen) atoms. The fraction of sp³-hybridized carbons (Fsp3) is 0.400. The van der Waals surface area contributed by atoms with E-state index in [0.717, 1.165) is 29.7 Å². The Hall–Kier alpha value is -1.07. The second kappa shape index (κ2) is 4.74. The number of thiophene rings is 1. The largest absolute Gasteiger partial charge is 0.339 e. The van der Waals surface area contributed by atoms with E-state index in [2.05, 4.69) is 31.9 Å². The molecule has 2 aromatic heterocycles. The van der Waals surface area contributed by atoms with Gasteiger partial charge in [0.15, 0.2) is 0 Å². The Labute approximate surface area is 130 Å². The van der Waals surface area contributed by atoms with Gasteiger partial charge in [-0.2, -0.15) is 0 Å². The minimum atomic E-state index is 0.166. The summed E-state index contributed by atoms with van der Waals surface area (Å²) in [5.41, 5.74) is 2.15. The lowest BCUT2D eigenvalue weighted by molar-refractivity contribution is 0.0724. The van der Waals surface area contributed by atoms with Crippen molar-refractivity contribution in [1.82, 2.24) is 9.47 Å². The van der Waals surface area contributed by atoms with Gasteiger partial charge < -0.3 is 9.47 Å². The van der Waals surface area contributed by atoms with Gasteiger partial charge in [-0.05, 0) is 58.3 Å². The topological polar surface area (TPSA) is 25.2 Å². The third-order valence-corrected chi connectivity index (χ3v) is 5.53. The minimum Gasteiger partial charge on any atom is -0.339 e. The molecule has 1 amide bonds. The van der Waals surface area contributed by atoms with Gasteiger partial charge in [-0.3, -0.25) is 4.79 Å². The third kappa shape index (κ3) is 2.13. The van der Waals surface area contributed by atoms with Gasteiger partial charge in [0.05, 0.1) is 0 Å². The molecule has 0 aromatic carbocycles. The molecule has 3 nitrogen and oxygen atoms in total. The lowest BCUT2D eigenvalue weighted by atomic mass is 10.1. The molecule has 0 N–H and O–H groups in total. The minimum absolute atomic E-state index is 0.166. The van der Waals surface area contributed by atoms with Crippen LogP contribution in [0.3, 0.4) is 0 Å². The Morgan fingerprint density at radius 2 is 2.25 bits per heavy atom. The zero-order chi connectivity index (χ0) is 13.7. The first-order chi connectivity index (χ1) is 9.72. The van der Waals surface area contributed by atoms with Crippen LogP contribution >= 0.6 is 27.3 Å². The molecule has 5 heteroatoms. The number of halogens is 1. The second-order valence-corrected chi connectivity index (χ2v) is 7.44. The monoisotopic (exact) mass is 350 g/mol. The maximum absolute atomic E-state index is 12.8. The molecule has 1 aliphatic heterocycles.